The maximum absolute atomic E-state index is 12.4. The lowest BCUT2D eigenvalue weighted by atomic mass is 10.1. The van der Waals surface area contributed by atoms with Crippen LogP contribution in [0.5, 0.6) is 0 Å². The van der Waals surface area contributed by atoms with Crippen LogP contribution in [0.2, 0.25) is 0 Å². The Bertz CT molecular complexity index is 1160. The molecule has 1 fully saturated rings. The summed E-state index contributed by atoms with van der Waals surface area (Å²) in [6, 6.07) is 8.18. The summed E-state index contributed by atoms with van der Waals surface area (Å²) in [5.74, 6) is -2.53. The van der Waals surface area contributed by atoms with E-state index in [0.717, 1.165) is 23.1 Å². The van der Waals surface area contributed by atoms with Crippen molar-refractivity contribution in [3.05, 3.63) is 63.7 Å². The quantitative estimate of drug-likeness (QED) is 0.297. The molecular weight excluding hydrogens is 420 g/mol. The fourth-order valence-electron chi connectivity index (χ4n) is 2.91. The topological polar surface area (TPSA) is 161 Å². The molecule has 0 spiro atoms. The SMILES string of the molecule is O=C(O)c1ccc(COS(=O)(=O)c2ccccc2[N+](=O)[O-])cc1N1C(=O)CCC1=O. The molecule has 0 saturated carbocycles. The predicted molar refractivity (Wildman–Crippen MR) is 100 cm³/mol. The Kier molecular flexibility index (Phi) is 5.62. The van der Waals surface area contributed by atoms with E-state index in [9.17, 15) is 38.0 Å². The molecule has 0 aliphatic carbocycles. The molecule has 12 heteroatoms. The lowest BCUT2D eigenvalue weighted by molar-refractivity contribution is -0.387. The average Bonchev–Trinajstić information content (AvgIpc) is 3.04. The largest absolute Gasteiger partial charge is 0.478 e. The molecule has 0 bridgehead atoms. The van der Waals surface area contributed by atoms with E-state index in [2.05, 4.69) is 0 Å². The number of hydrogen-bond acceptors (Lipinski definition) is 8. The van der Waals surface area contributed by atoms with Crippen molar-refractivity contribution in [3.63, 3.8) is 0 Å². The minimum absolute atomic E-state index is 0.0648. The number of aromatic carboxylic acids is 1. The number of hydrogen-bond donors (Lipinski definition) is 1. The summed E-state index contributed by atoms with van der Waals surface area (Å²) in [6.45, 7) is -0.600. The molecule has 11 nitrogen and oxygen atoms in total. The molecule has 3 rings (SSSR count). The zero-order chi connectivity index (χ0) is 22.1. The third-order valence-electron chi connectivity index (χ3n) is 4.30. The number of nitrogens with zero attached hydrogens (tertiary/aromatic N) is 2. The van der Waals surface area contributed by atoms with Gasteiger partial charge in [-0.05, 0) is 23.8 Å². The third kappa shape index (κ3) is 4.04. The first-order valence-electron chi connectivity index (χ1n) is 8.46. The van der Waals surface area contributed by atoms with E-state index in [1.54, 1.807) is 0 Å². The normalized spacial score (nSPS) is 14.2. The van der Waals surface area contributed by atoms with Gasteiger partial charge in [0, 0.05) is 18.9 Å². The van der Waals surface area contributed by atoms with Gasteiger partial charge in [0.05, 0.1) is 22.8 Å². The highest BCUT2D eigenvalue weighted by molar-refractivity contribution is 7.86. The smallest absolute Gasteiger partial charge is 0.337 e. The number of nitro benzene ring substituents is 1. The number of para-hydroxylation sites is 1. The number of nitro groups is 1. The second kappa shape index (κ2) is 8.00. The van der Waals surface area contributed by atoms with Gasteiger partial charge in [0.25, 0.3) is 5.69 Å². The van der Waals surface area contributed by atoms with Gasteiger partial charge in [-0.3, -0.25) is 23.9 Å². The summed E-state index contributed by atoms with van der Waals surface area (Å²) in [5.41, 5.74) is -1.03. The predicted octanol–water partition coefficient (Wildman–Crippen LogP) is 1.85. The summed E-state index contributed by atoms with van der Waals surface area (Å²) in [5, 5.41) is 20.4. The molecule has 1 heterocycles. The van der Waals surface area contributed by atoms with Gasteiger partial charge < -0.3 is 5.11 Å². The Balaban J connectivity index is 1.92. The van der Waals surface area contributed by atoms with E-state index >= 15 is 0 Å². The lowest BCUT2D eigenvalue weighted by Gasteiger charge is -2.17. The van der Waals surface area contributed by atoms with E-state index in [0.29, 0.717) is 0 Å². The van der Waals surface area contributed by atoms with Gasteiger partial charge in [0.15, 0.2) is 4.90 Å². The van der Waals surface area contributed by atoms with Crippen molar-refractivity contribution in [2.24, 2.45) is 0 Å². The molecular formula is C18H14N2O9S. The molecule has 156 valence electrons. The molecule has 2 amide bonds. The maximum Gasteiger partial charge on any atom is 0.337 e. The Morgan fingerprint density at radius 3 is 2.37 bits per heavy atom. The first kappa shape index (κ1) is 21.1. The van der Waals surface area contributed by atoms with Crippen LogP contribution >= 0.6 is 0 Å². The van der Waals surface area contributed by atoms with Gasteiger partial charge in [0.2, 0.25) is 11.8 Å². The molecule has 1 N–H and O–H groups in total. The van der Waals surface area contributed by atoms with Gasteiger partial charge in [-0.2, -0.15) is 8.42 Å². The van der Waals surface area contributed by atoms with E-state index in [1.165, 1.54) is 24.3 Å². The lowest BCUT2D eigenvalue weighted by Crippen LogP contribution is -2.30. The molecule has 1 aliphatic heterocycles. The van der Waals surface area contributed by atoms with Crippen LogP contribution in [0.15, 0.2) is 47.4 Å². The summed E-state index contributed by atoms with van der Waals surface area (Å²) >= 11 is 0. The Labute approximate surface area is 169 Å². The highest BCUT2D eigenvalue weighted by atomic mass is 32.2. The van der Waals surface area contributed by atoms with Crippen molar-refractivity contribution in [2.45, 2.75) is 24.3 Å². The second-order valence-electron chi connectivity index (χ2n) is 6.22. The standard InChI is InChI=1S/C18H14N2O9S/c21-16-7-8-17(22)19(16)14-9-11(5-6-12(14)18(23)24)10-29-30(27,28)15-4-2-1-3-13(15)20(25)26/h1-6,9H,7-8,10H2,(H,23,24). The molecule has 1 aliphatic rings. The number of carbonyl (C=O) groups is 3. The zero-order valence-electron chi connectivity index (χ0n) is 15.2. The van der Waals surface area contributed by atoms with Crippen LogP contribution in [0.1, 0.15) is 28.8 Å². The van der Waals surface area contributed by atoms with Crippen LogP contribution in [0, 0.1) is 10.1 Å². The molecule has 0 radical (unpaired) electrons. The fraction of sp³-hybridized carbons (Fsp3) is 0.167. The van der Waals surface area contributed by atoms with Crippen LogP contribution in [0.4, 0.5) is 11.4 Å². The highest BCUT2D eigenvalue weighted by Gasteiger charge is 2.33. The number of imide groups is 1. The summed E-state index contributed by atoms with van der Waals surface area (Å²) in [4.78, 5) is 45.8. The number of benzene rings is 2. The molecule has 30 heavy (non-hydrogen) atoms. The van der Waals surface area contributed by atoms with Crippen molar-refractivity contribution in [1.82, 2.24) is 0 Å². The van der Waals surface area contributed by atoms with Gasteiger partial charge in [-0.25, -0.2) is 9.69 Å². The highest BCUT2D eigenvalue weighted by Crippen LogP contribution is 2.29. The van der Waals surface area contributed by atoms with Crippen molar-refractivity contribution in [3.8, 4) is 0 Å². The van der Waals surface area contributed by atoms with Crippen molar-refractivity contribution in [1.29, 1.82) is 0 Å². The van der Waals surface area contributed by atoms with Gasteiger partial charge in [-0.1, -0.05) is 18.2 Å². The molecule has 0 aromatic heterocycles. The number of amides is 2. The Hall–Kier alpha value is -3.64. The van der Waals surface area contributed by atoms with Gasteiger partial charge in [-0.15, -0.1) is 0 Å². The average molecular weight is 434 g/mol. The van der Waals surface area contributed by atoms with E-state index in [1.807, 2.05) is 0 Å². The molecule has 1 saturated heterocycles. The maximum atomic E-state index is 12.4. The number of carboxylic acids is 1. The molecule has 2 aromatic rings. The summed E-state index contributed by atoms with van der Waals surface area (Å²) in [7, 11) is -4.52. The number of carboxylic acid groups (broad SMARTS) is 1. The van der Waals surface area contributed by atoms with Crippen LogP contribution in [-0.2, 0) is 30.5 Å². The van der Waals surface area contributed by atoms with E-state index in [-0.39, 0.29) is 29.7 Å². The molecule has 0 atom stereocenters. The first-order chi connectivity index (χ1) is 14.1. The Morgan fingerprint density at radius 1 is 1.13 bits per heavy atom. The zero-order valence-corrected chi connectivity index (χ0v) is 16.0. The summed E-state index contributed by atoms with van der Waals surface area (Å²) < 4.78 is 29.7. The minimum Gasteiger partial charge on any atom is -0.478 e. The monoisotopic (exact) mass is 434 g/mol. The third-order valence-corrected chi connectivity index (χ3v) is 5.61. The Morgan fingerprint density at radius 2 is 1.77 bits per heavy atom. The van der Waals surface area contributed by atoms with Crippen LogP contribution in [0.25, 0.3) is 0 Å². The minimum atomic E-state index is -4.52. The van der Waals surface area contributed by atoms with Crippen LogP contribution in [-0.4, -0.2) is 36.2 Å². The number of anilines is 1. The van der Waals surface area contributed by atoms with Crippen LogP contribution in [0.3, 0.4) is 0 Å². The van der Waals surface area contributed by atoms with Gasteiger partial charge >= 0.3 is 16.1 Å². The first-order valence-corrected chi connectivity index (χ1v) is 9.87. The number of rotatable bonds is 7. The molecule has 2 aromatic carbocycles. The number of carbonyl (C=O) groups excluding carboxylic acids is 2. The van der Waals surface area contributed by atoms with Crippen molar-refractivity contribution in [2.75, 3.05) is 4.90 Å². The van der Waals surface area contributed by atoms with Crippen molar-refractivity contribution < 1.29 is 37.0 Å². The van der Waals surface area contributed by atoms with Gasteiger partial charge in [0.1, 0.15) is 0 Å². The second-order valence-corrected chi connectivity index (χ2v) is 7.80. The fourth-order valence-corrected chi connectivity index (χ4v) is 3.97. The van der Waals surface area contributed by atoms with Crippen LogP contribution < -0.4 is 4.90 Å². The van der Waals surface area contributed by atoms with E-state index in [4.69, 9.17) is 4.18 Å². The van der Waals surface area contributed by atoms with E-state index < -0.39 is 50.0 Å². The van der Waals surface area contributed by atoms with Crippen molar-refractivity contribution >= 4 is 39.3 Å². The molecule has 0 unspecified atom stereocenters. The summed E-state index contributed by atoms with van der Waals surface area (Å²) in [6.07, 6.45) is -0.130.